The molecule has 2 rings (SSSR count). The van der Waals surface area contributed by atoms with Gasteiger partial charge >= 0.3 is 0 Å². The number of hydrogen-bond donors (Lipinski definition) is 3. The fourth-order valence-electron chi connectivity index (χ4n) is 1.99. The third-order valence-electron chi connectivity index (χ3n) is 3.15. The van der Waals surface area contributed by atoms with E-state index in [1.807, 2.05) is 0 Å². The zero-order chi connectivity index (χ0) is 14.8. The first-order chi connectivity index (χ1) is 9.35. The first kappa shape index (κ1) is 14.8. The number of sulfonamides is 1. The Morgan fingerprint density at radius 1 is 1.35 bits per heavy atom. The standard InChI is InChI=1S/C13H19N3O3S/c1-20(18,19)16-12-5-3-2-4-11(12)15-13(17)8-10(14)9-6-7-9/h2-5,9-10,16H,6-8,14H2,1H3,(H,15,17). The Hall–Kier alpha value is -1.60. The van der Waals surface area contributed by atoms with Crippen LogP contribution in [-0.2, 0) is 14.8 Å². The molecule has 1 saturated carbocycles. The molecule has 7 heteroatoms. The number of benzene rings is 1. The molecule has 4 N–H and O–H groups in total. The van der Waals surface area contributed by atoms with E-state index in [1.165, 1.54) is 0 Å². The van der Waals surface area contributed by atoms with E-state index in [2.05, 4.69) is 10.0 Å². The van der Waals surface area contributed by atoms with E-state index < -0.39 is 10.0 Å². The molecular formula is C13H19N3O3S. The van der Waals surface area contributed by atoms with Crippen LogP contribution in [0.5, 0.6) is 0 Å². The predicted molar refractivity (Wildman–Crippen MR) is 78.9 cm³/mol. The molecular weight excluding hydrogens is 278 g/mol. The highest BCUT2D eigenvalue weighted by Crippen LogP contribution is 2.33. The third-order valence-corrected chi connectivity index (χ3v) is 3.74. The lowest BCUT2D eigenvalue weighted by molar-refractivity contribution is -0.116. The van der Waals surface area contributed by atoms with Crippen LogP contribution < -0.4 is 15.8 Å². The van der Waals surface area contributed by atoms with Crippen LogP contribution in [0.1, 0.15) is 19.3 Å². The minimum Gasteiger partial charge on any atom is -0.327 e. The molecule has 110 valence electrons. The molecule has 0 aliphatic heterocycles. The van der Waals surface area contributed by atoms with Gasteiger partial charge in [0.1, 0.15) is 0 Å². The highest BCUT2D eigenvalue weighted by Gasteiger charge is 2.29. The second kappa shape index (κ2) is 5.80. The van der Waals surface area contributed by atoms with Gasteiger partial charge < -0.3 is 11.1 Å². The first-order valence-corrected chi connectivity index (χ1v) is 8.36. The van der Waals surface area contributed by atoms with Gasteiger partial charge in [0.25, 0.3) is 0 Å². The minimum atomic E-state index is -3.39. The molecule has 20 heavy (non-hydrogen) atoms. The largest absolute Gasteiger partial charge is 0.327 e. The molecule has 6 nitrogen and oxygen atoms in total. The minimum absolute atomic E-state index is 0.120. The normalized spacial score (nSPS) is 16.5. The predicted octanol–water partition coefficient (Wildman–Crippen LogP) is 1.12. The zero-order valence-electron chi connectivity index (χ0n) is 11.3. The van der Waals surface area contributed by atoms with E-state index in [1.54, 1.807) is 24.3 Å². The van der Waals surface area contributed by atoms with Crippen molar-refractivity contribution in [1.29, 1.82) is 0 Å². The van der Waals surface area contributed by atoms with Gasteiger partial charge in [-0.25, -0.2) is 8.42 Å². The number of carbonyl (C=O) groups is 1. The Morgan fingerprint density at radius 2 is 1.95 bits per heavy atom. The van der Waals surface area contributed by atoms with Crippen molar-refractivity contribution in [1.82, 2.24) is 0 Å². The van der Waals surface area contributed by atoms with Gasteiger partial charge in [-0.05, 0) is 30.9 Å². The molecule has 1 aliphatic carbocycles. The molecule has 0 saturated heterocycles. The molecule has 0 aromatic heterocycles. The Labute approximate surface area is 118 Å². The van der Waals surface area contributed by atoms with Crippen LogP contribution in [0.4, 0.5) is 11.4 Å². The van der Waals surface area contributed by atoms with E-state index in [0.29, 0.717) is 17.3 Å². The van der Waals surface area contributed by atoms with Crippen molar-refractivity contribution in [2.24, 2.45) is 11.7 Å². The monoisotopic (exact) mass is 297 g/mol. The smallest absolute Gasteiger partial charge is 0.229 e. The second-order valence-electron chi connectivity index (χ2n) is 5.17. The summed E-state index contributed by atoms with van der Waals surface area (Å²) in [4.78, 5) is 11.9. The molecule has 0 heterocycles. The number of nitrogens with two attached hydrogens (primary N) is 1. The maximum Gasteiger partial charge on any atom is 0.229 e. The molecule has 1 amide bonds. The van der Waals surface area contributed by atoms with Gasteiger partial charge in [-0.1, -0.05) is 12.1 Å². The van der Waals surface area contributed by atoms with Gasteiger partial charge in [-0.3, -0.25) is 9.52 Å². The number of nitrogens with one attached hydrogen (secondary N) is 2. The summed E-state index contributed by atoms with van der Waals surface area (Å²) in [6, 6.07) is 6.54. The maximum atomic E-state index is 11.9. The molecule has 1 aliphatic rings. The molecule has 0 bridgehead atoms. The van der Waals surface area contributed by atoms with E-state index in [9.17, 15) is 13.2 Å². The SMILES string of the molecule is CS(=O)(=O)Nc1ccccc1NC(=O)CC(N)C1CC1. The fourth-order valence-corrected chi connectivity index (χ4v) is 2.56. The summed E-state index contributed by atoms with van der Waals surface area (Å²) >= 11 is 0. The number of amides is 1. The molecule has 1 atom stereocenters. The van der Waals surface area contributed by atoms with E-state index in [0.717, 1.165) is 19.1 Å². The lowest BCUT2D eigenvalue weighted by Gasteiger charge is -2.14. The summed E-state index contributed by atoms with van der Waals surface area (Å²) in [7, 11) is -3.39. The van der Waals surface area contributed by atoms with Crippen LogP contribution in [0.25, 0.3) is 0 Å². The van der Waals surface area contributed by atoms with Crippen molar-refractivity contribution in [3.05, 3.63) is 24.3 Å². The van der Waals surface area contributed by atoms with Crippen LogP contribution in [0, 0.1) is 5.92 Å². The van der Waals surface area contributed by atoms with Crippen molar-refractivity contribution in [2.75, 3.05) is 16.3 Å². The van der Waals surface area contributed by atoms with Crippen molar-refractivity contribution < 1.29 is 13.2 Å². The summed E-state index contributed by atoms with van der Waals surface area (Å²) in [5.41, 5.74) is 6.69. The highest BCUT2D eigenvalue weighted by atomic mass is 32.2. The van der Waals surface area contributed by atoms with Gasteiger partial charge in [-0.15, -0.1) is 0 Å². The summed E-state index contributed by atoms with van der Waals surface area (Å²) in [6.07, 6.45) is 3.48. The maximum absolute atomic E-state index is 11.9. The summed E-state index contributed by atoms with van der Waals surface area (Å²) in [6.45, 7) is 0. The first-order valence-electron chi connectivity index (χ1n) is 6.47. The summed E-state index contributed by atoms with van der Waals surface area (Å²) in [5, 5.41) is 2.70. The Bertz CT molecular complexity index is 597. The van der Waals surface area contributed by atoms with E-state index in [-0.39, 0.29) is 18.4 Å². The Kier molecular flexibility index (Phi) is 4.29. The Balaban J connectivity index is 2.02. The molecule has 1 unspecified atom stereocenters. The summed E-state index contributed by atoms with van der Waals surface area (Å²) < 4.78 is 24.9. The van der Waals surface area contributed by atoms with Gasteiger partial charge in [0.15, 0.2) is 0 Å². The number of anilines is 2. The van der Waals surface area contributed by atoms with Gasteiger partial charge in [0.05, 0.1) is 17.6 Å². The van der Waals surface area contributed by atoms with Crippen molar-refractivity contribution in [3.8, 4) is 0 Å². The number of carbonyl (C=O) groups excluding carboxylic acids is 1. The van der Waals surface area contributed by atoms with Crippen molar-refractivity contribution in [3.63, 3.8) is 0 Å². The van der Waals surface area contributed by atoms with Crippen LogP contribution in [0.3, 0.4) is 0 Å². The average Bonchev–Trinajstić information content (AvgIpc) is 3.13. The number of para-hydroxylation sites is 2. The van der Waals surface area contributed by atoms with Crippen molar-refractivity contribution in [2.45, 2.75) is 25.3 Å². The lowest BCUT2D eigenvalue weighted by Crippen LogP contribution is -2.29. The number of hydrogen-bond acceptors (Lipinski definition) is 4. The Morgan fingerprint density at radius 3 is 2.50 bits per heavy atom. The highest BCUT2D eigenvalue weighted by molar-refractivity contribution is 7.92. The van der Waals surface area contributed by atoms with Crippen LogP contribution in [0.2, 0.25) is 0 Å². The molecule has 1 aromatic carbocycles. The van der Waals surface area contributed by atoms with Crippen LogP contribution in [-0.4, -0.2) is 26.6 Å². The topological polar surface area (TPSA) is 101 Å². The summed E-state index contributed by atoms with van der Waals surface area (Å²) in [5.74, 6) is 0.247. The lowest BCUT2D eigenvalue weighted by atomic mass is 10.1. The number of rotatable bonds is 6. The third kappa shape index (κ3) is 4.50. The molecule has 1 fully saturated rings. The molecule has 1 aromatic rings. The van der Waals surface area contributed by atoms with E-state index >= 15 is 0 Å². The quantitative estimate of drug-likeness (QED) is 0.732. The fraction of sp³-hybridized carbons (Fsp3) is 0.462. The second-order valence-corrected chi connectivity index (χ2v) is 6.92. The van der Waals surface area contributed by atoms with Crippen LogP contribution in [0.15, 0.2) is 24.3 Å². The zero-order valence-corrected chi connectivity index (χ0v) is 12.1. The molecule has 0 spiro atoms. The molecule has 0 radical (unpaired) electrons. The average molecular weight is 297 g/mol. The van der Waals surface area contributed by atoms with Crippen molar-refractivity contribution >= 4 is 27.3 Å². The van der Waals surface area contributed by atoms with Gasteiger partial charge in [0.2, 0.25) is 15.9 Å². The van der Waals surface area contributed by atoms with E-state index in [4.69, 9.17) is 5.73 Å². The van der Waals surface area contributed by atoms with Gasteiger partial charge in [0, 0.05) is 12.5 Å². The van der Waals surface area contributed by atoms with Gasteiger partial charge in [-0.2, -0.15) is 0 Å². The van der Waals surface area contributed by atoms with Crippen LogP contribution >= 0.6 is 0 Å².